The van der Waals surface area contributed by atoms with Gasteiger partial charge in [0.2, 0.25) is 0 Å². The Bertz CT molecular complexity index is 1190. The first-order valence-electron chi connectivity index (χ1n) is 12.2. The van der Waals surface area contributed by atoms with E-state index in [9.17, 15) is 24.3 Å². The van der Waals surface area contributed by atoms with E-state index in [1.54, 1.807) is 11.9 Å². The van der Waals surface area contributed by atoms with Crippen LogP contribution in [-0.4, -0.2) is 95.0 Å². The van der Waals surface area contributed by atoms with Crippen LogP contribution in [0.5, 0.6) is 6.01 Å². The first-order chi connectivity index (χ1) is 18.3. The topological polar surface area (TPSA) is 158 Å². The Morgan fingerprint density at radius 2 is 1.97 bits per heavy atom. The average molecular weight is 528 g/mol. The zero-order valence-corrected chi connectivity index (χ0v) is 21.0. The lowest BCUT2D eigenvalue weighted by Crippen LogP contribution is -2.55. The van der Waals surface area contributed by atoms with Crippen molar-refractivity contribution in [1.29, 1.82) is 5.26 Å². The highest BCUT2D eigenvalue weighted by molar-refractivity contribution is 5.94. The largest absolute Gasteiger partial charge is 0.476 e. The van der Waals surface area contributed by atoms with Crippen molar-refractivity contribution in [2.75, 3.05) is 50.5 Å². The predicted molar refractivity (Wildman–Crippen MR) is 134 cm³/mol. The lowest BCUT2D eigenvalue weighted by molar-refractivity contribution is 0.0689. The van der Waals surface area contributed by atoms with Gasteiger partial charge in [0.05, 0.1) is 18.5 Å². The maximum atomic E-state index is 13.7. The van der Waals surface area contributed by atoms with E-state index in [4.69, 9.17) is 15.2 Å². The summed E-state index contributed by atoms with van der Waals surface area (Å²) in [5.74, 6) is -1.22. The van der Waals surface area contributed by atoms with Crippen molar-refractivity contribution in [3.05, 3.63) is 41.6 Å². The summed E-state index contributed by atoms with van der Waals surface area (Å²) in [7, 11) is 1.78. The smallest absolute Gasteiger partial charge is 0.410 e. The molecular formula is C25H30FN7O5. The molecule has 3 N–H and O–H groups in total. The molecule has 1 aromatic heterocycles. The van der Waals surface area contributed by atoms with Crippen LogP contribution in [0.25, 0.3) is 0 Å². The molecule has 2 fully saturated rings. The highest BCUT2D eigenvalue weighted by Crippen LogP contribution is 2.29. The third kappa shape index (κ3) is 6.20. The number of carboxylic acid groups (broad SMARTS) is 1. The van der Waals surface area contributed by atoms with Gasteiger partial charge in [-0.2, -0.15) is 15.2 Å². The number of rotatable bonds is 8. The Morgan fingerprint density at radius 1 is 1.21 bits per heavy atom. The number of likely N-dealkylation sites (N-methyl/N-ethyl adjacent to an activating group) is 1. The summed E-state index contributed by atoms with van der Waals surface area (Å²) in [6, 6.07) is 10.4. The second-order valence-electron chi connectivity index (χ2n) is 9.33. The second-order valence-corrected chi connectivity index (χ2v) is 9.33. The highest BCUT2D eigenvalue weighted by Gasteiger charge is 2.34. The van der Waals surface area contributed by atoms with Crippen LogP contribution in [0.3, 0.4) is 0 Å². The molecule has 2 aliphatic rings. The predicted octanol–water partition coefficient (Wildman–Crippen LogP) is 1.92. The van der Waals surface area contributed by atoms with Crippen molar-refractivity contribution < 1.29 is 28.6 Å². The van der Waals surface area contributed by atoms with Crippen LogP contribution in [0.1, 0.15) is 28.9 Å². The summed E-state index contributed by atoms with van der Waals surface area (Å²) >= 11 is 0. The van der Waals surface area contributed by atoms with E-state index < -0.39 is 30.0 Å². The van der Waals surface area contributed by atoms with Crippen molar-refractivity contribution in [2.24, 2.45) is 0 Å². The average Bonchev–Trinajstić information content (AvgIpc) is 3.23. The maximum absolute atomic E-state index is 13.7. The number of benzene rings is 1. The number of nitriles is 1. The fourth-order valence-corrected chi connectivity index (χ4v) is 4.65. The van der Waals surface area contributed by atoms with Crippen LogP contribution in [0.2, 0.25) is 0 Å². The number of carbonyl (C=O) groups is 2. The van der Waals surface area contributed by atoms with Gasteiger partial charge in [-0.25, -0.2) is 14.0 Å². The summed E-state index contributed by atoms with van der Waals surface area (Å²) < 4.78 is 24.8. The van der Waals surface area contributed by atoms with Crippen LogP contribution >= 0.6 is 0 Å². The number of nitrogens with two attached hydrogens (primary N) is 1. The Labute approximate surface area is 219 Å². The van der Waals surface area contributed by atoms with Gasteiger partial charge in [0, 0.05) is 32.2 Å². The Morgan fingerprint density at radius 3 is 2.63 bits per heavy atom. The molecule has 0 aliphatic carbocycles. The molecule has 12 nitrogen and oxygen atoms in total. The third-order valence-electron chi connectivity index (χ3n) is 6.70. The highest BCUT2D eigenvalue weighted by atomic mass is 19.1. The molecule has 0 spiro atoms. The number of nitrogen functional groups attached to an aromatic ring is 1. The van der Waals surface area contributed by atoms with Crippen molar-refractivity contribution in [1.82, 2.24) is 19.8 Å². The number of piperazine rings is 1. The molecule has 0 radical (unpaired) electrons. The first-order valence-corrected chi connectivity index (χ1v) is 12.2. The lowest BCUT2D eigenvalue weighted by Gasteiger charge is -2.40. The van der Waals surface area contributed by atoms with Crippen molar-refractivity contribution >= 4 is 23.6 Å². The zero-order chi connectivity index (χ0) is 27.2. The molecule has 1 amide bonds. The van der Waals surface area contributed by atoms with Gasteiger partial charge in [-0.05, 0) is 19.0 Å². The van der Waals surface area contributed by atoms with Crippen LogP contribution in [-0.2, 0) is 11.3 Å². The fourth-order valence-electron chi connectivity index (χ4n) is 4.65. The van der Waals surface area contributed by atoms with E-state index in [1.807, 2.05) is 35.2 Å². The van der Waals surface area contributed by atoms with E-state index in [2.05, 4.69) is 16.0 Å². The van der Waals surface area contributed by atoms with Crippen molar-refractivity contribution in [3.8, 4) is 12.1 Å². The fraction of sp³-hybridized carbons (Fsp3) is 0.480. The molecule has 38 heavy (non-hydrogen) atoms. The molecule has 2 saturated heterocycles. The standard InChI is InChI=1S/C25H30FN7O5/c1-31-12-17(26)11-19(31)15-37-24-29-21(23(34)35)20(28)22(30-24)32-9-10-33(18(13-32)7-8-27)25(36)38-14-16-5-3-2-4-6-16/h2-6,17-19H,7,9-15,28H2,1H3,(H,34,35)/t17-,18+,19+/m1/s1. The quantitative estimate of drug-likeness (QED) is 0.516. The number of likely N-dealkylation sites (tertiary alicyclic amines) is 1. The molecule has 2 aromatic rings. The number of aromatic carboxylic acids is 1. The number of carboxylic acids is 1. The van der Waals surface area contributed by atoms with E-state index in [-0.39, 0.29) is 62.8 Å². The van der Waals surface area contributed by atoms with Gasteiger partial charge < -0.3 is 30.1 Å². The Kier molecular flexibility index (Phi) is 8.42. The third-order valence-corrected chi connectivity index (χ3v) is 6.70. The van der Waals surface area contributed by atoms with Crippen molar-refractivity contribution in [2.45, 2.75) is 37.7 Å². The first kappa shape index (κ1) is 26.9. The normalized spacial score (nSPS) is 21.7. The van der Waals surface area contributed by atoms with Crippen LogP contribution in [0.15, 0.2) is 30.3 Å². The minimum Gasteiger partial charge on any atom is -0.476 e. The molecule has 0 bridgehead atoms. The molecule has 0 unspecified atom stereocenters. The number of ether oxygens (including phenoxy) is 2. The van der Waals surface area contributed by atoms with E-state index in [0.717, 1.165) is 5.56 Å². The monoisotopic (exact) mass is 527 g/mol. The zero-order valence-electron chi connectivity index (χ0n) is 21.0. The van der Waals surface area contributed by atoms with Crippen molar-refractivity contribution in [3.63, 3.8) is 0 Å². The Hall–Kier alpha value is -4.18. The number of nitrogens with zero attached hydrogens (tertiary/aromatic N) is 6. The summed E-state index contributed by atoms with van der Waals surface area (Å²) in [5, 5.41) is 19.0. The number of amides is 1. The molecule has 3 heterocycles. The number of halogens is 1. The minimum atomic E-state index is -1.35. The minimum absolute atomic E-state index is 0.0233. The van der Waals surface area contributed by atoms with Crippen LogP contribution < -0.4 is 15.4 Å². The van der Waals surface area contributed by atoms with Gasteiger partial charge in [0.1, 0.15) is 25.1 Å². The molecule has 13 heteroatoms. The molecule has 0 saturated carbocycles. The van der Waals surface area contributed by atoms with E-state index >= 15 is 0 Å². The molecular weight excluding hydrogens is 497 g/mol. The van der Waals surface area contributed by atoms with Crippen LogP contribution in [0, 0.1) is 11.3 Å². The van der Waals surface area contributed by atoms with Crippen LogP contribution in [0.4, 0.5) is 20.7 Å². The molecule has 4 rings (SSSR count). The summed E-state index contributed by atoms with van der Waals surface area (Å²) in [4.78, 5) is 38.0. The molecule has 2 aliphatic heterocycles. The molecule has 3 atom stereocenters. The van der Waals surface area contributed by atoms with Gasteiger partial charge in [-0.15, -0.1) is 0 Å². The Balaban J connectivity index is 1.49. The van der Waals surface area contributed by atoms with E-state index in [0.29, 0.717) is 13.0 Å². The number of alkyl halides is 1. The number of hydrogen-bond acceptors (Lipinski definition) is 10. The number of carbonyl (C=O) groups excluding carboxylic acids is 1. The maximum Gasteiger partial charge on any atom is 0.410 e. The molecule has 1 aromatic carbocycles. The van der Waals surface area contributed by atoms with Gasteiger partial charge in [0.25, 0.3) is 0 Å². The summed E-state index contributed by atoms with van der Waals surface area (Å²) in [6.07, 6.45) is -1.19. The number of anilines is 2. The lowest BCUT2D eigenvalue weighted by atomic mass is 10.1. The number of aromatic nitrogens is 2. The van der Waals surface area contributed by atoms with E-state index in [1.165, 1.54) is 4.90 Å². The number of hydrogen-bond donors (Lipinski definition) is 2. The summed E-state index contributed by atoms with van der Waals surface area (Å²) in [5.41, 5.74) is 6.40. The summed E-state index contributed by atoms with van der Waals surface area (Å²) in [6.45, 7) is 1.10. The SMILES string of the molecule is CN1C[C@H](F)C[C@H]1COc1nc(C(=O)O)c(N)c(N2CCN(C(=O)OCc3ccccc3)[C@@H](CC#N)C2)n1. The molecule has 202 valence electrons. The van der Waals surface area contributed by atoms with Gasteiger partial charge >= 0.3 is 18.1 Å². The van der Waals surface area contributed by atoms with Gasteiger partial charge in [0.15, 0.2) is 11.5 Å². The second kappa shape index (κ2) is 11.9. The van der Waals surface area contributed by atoms with Gasteiger partial charge in [-0.1, -0.05) is 30.3 Å². The van der Waals surface area contributed by atoms with Gasteiger partial charge in [-0.3, -0.25) is 4.90 Å².